The van der Waals surface area contributed by atoms with Crippen LogP contribution in [0.15, 0.2) is 30.5 Å². The molecule has 1 aromatic carbocycles. The van der Waals surface area contributed by atoms with Crippen LogP contribution in [0.4, 0.5) is 5.69 Å². The topological polar surface area (TPSA) is 39.1 Å². The predicted molar refractivity (Wildman–Crippen MR) is 82.6 cm³/mol. The van der Waals surface area contributed by atoms with Crippen LogP contribution in [0.5, 0.6) is 5.75 Å². The summed E-state index contributed by atoms with van der Waals surface area (Å²) in [5.41, 5.74) is 1.87. The van der Waals surface area contributed by atoms with Crippen LogP contribution in [0.3, 0.4) is 0 Å². The van der Waals surface area contributed by atoms with E-state index in [1.165, 1.54) is 0 Å². The molecule has 0 aliphatic rings. The standard InChI is InChI=1S/C15H20ClN3O/c1-4-11(2)19-8-7-13(18-19)10-17-14-9-12(16)5-6-15(14)20-3/h5-9,11,17H,4,10H2,1-3H3. The molecule has 0 aliphatic carbocycles. The minimum absolute atomic E-state index is 0.421. The van der Waals surface area contributed by atoms with Crippen LogP contribution in [0.2, 0.25) is 5.02 Å². The minimum atomic E-state index is 0.421. The Bertz CT molecular complexity index is 568. The molecule has 108 valence electrons. The summed E-state index contributed by atoms with van der Waals surface area (Å²) in [5, 5.41) is 8.54. The number of benzene rings is 1. The zero-order chi connectivity index (χ0) is 14.5. The fraction of sp³-hybridized carbons (Fsp3) is 0.400. The van der Waals surface area contributed by atoms with Gasteiger partial charge < -0.3 is 10.1 Å². The van der Waals surface area contributed by atoms with Gasteiger partial charge in [0.15, 0.2) is 0 Å². The summed E-state index contributed by atoms with van der Waals surface area (Å²) in [6.07, 6.45) is 3.08. The van der Waals surface area contributed by atoms with E-state index in [2.05, 4.69) is 24.3 Å². The van der Waals surface area contributed by atoms with Crippen molar-refractivity contribution in [2.45, 2.75) is 32.9 Å². The van der Waals surface area contributed by atoms with E-state index < -0.39 is 0 Å². The lowest BCUT2D eigenvalue weighted by Crippen LogP contribution is -2.07. The Morgan fingerprint density at radius 2 is 2.20 bits per heavy atom. The van der Waals surface area contributed by atoms with Gasteiger partial charge in [0.1, 0.15) is 5.75 Å². The van der Waals surface area contributed by atoms with Gasteiger partial charge in [0, 0.05) is 17.3 Å². The van der Waals surface area contributed by atoms with Gasteiger partial charge in [0.25, 0.3) is 0 Å². The van der Waals surface area contributed by atoms with Crippen LogP contribution in [0.1, 0.15) is 32.0 Å². The Labute approximate surface area is 124 Å². The fourth-order valence-electron chi connectivity index (χ4n) is 1.91. The number of halogens is 1. The first-order chi connectivity index (χ1) is 9.63. The molecular formula is C15H20ClN3O. The second kappa shape index (κ2) is 6.66. The van der Waals surface area contributed by atoms with Crippen molar-refractivity contribution in [3.05, 3.63) is 41.2 Å². The molecule has 20 heavy (non-hydrogen) atoms. The van der Waals surface area contributed by atoms with E-state index in [9.17, 15) is 0 Å². The maximum absolute atomic E-state index is 6.00. The first-order valence-corrected chi connectivity index (χ1v) is 7.13. The highest BCUT2D eigenvalue weighted by Crippen LogP contribution is 2.28. The highest BCUT2D eigenvalue weighted by molar-refractivity contribution is 6.30. The minimum Gasteiger partial charge on any atom is -0.495 e. The van der Waals surface area contributed by atoms with Gasteiger partial charge >= 0.3 is 0 Å². The van der Waals surface area contributed by atoms with Crippen LogP contribution in [-0.2, 0) is 6.54 Å². The Kier molecular flexibility index (Phi) is 4.90. The van der Waals surface area contributed by atoms with Crippen molar-refractivity contribution in [2.75, 3.05) is 12.4 Å². The zero-order valence-corrected chi connectivity index (χ0v) is 12.8. The summed E-state index contributed by atoms with van der Waals surface area (Å²) in [6.45, 7) is 4.95. The van der Waals surface area contributed by atoms with Crippen LogP contribution in [0.25, 0.3) is 0 Å². The molecule has 0 radical (unpaired) electrons. The Balaban J connectivity index is 2.05. The number of ether oxygens (including phenoxy) is 1. The van der Waals surface area contributed by atoms with E-state index >= 15 is 0 Å². The molecule has 0 amide bonds. The molecule has 1 unspecified atom stereocenters. The molecule has 0 saturated heterocycles. The number of hydrogen-bond donors (Lipinski definition) is 1. The molecule has 1 atom stereocenters. The first kappa shape index (κ1) is 14.7. The van der Waals surface area contributed by atoms with Gasteiger partial charge in [-0.05, 0) is 37.6 Å². The third-order valence-electron chi connectivity index (χ3n) is 3.33. The molecule has 1 aromatic heterocycles. The van der Waals surface area contributed by atoms with Crippen molar-refractivity contribution in [1.29, 1.82) is 0 Å². The van der Waals surface area contributed by atoms with Gasteiger partial charge in [-0.3, -0.25) is 4.68 Å². The lowest BCUT2D eigenvalue weighted by Gasteiger charge is -2.11. The van der Waals surface area contributed by atoms with Gasteiger partial charge in [-0.1, -0.05) is 18.5 Å². The Hall–Kier alpha value is -1.68. The van der Waals surface area contributed by atoms with Gasteiger partial charge in [-0.15, -0.1) is 0 Å². The Morgan fingerprint density at radius 1 is 1.40 bits per heavy atom. The first-order valence-electron chi connectivity index (χ1n) is 6.75. The molecule has 0 aliphatic heterocycles. The number of hydrogen-bond acceptors (Lipinski definition) is 3. The average molecular weight is 294 g/mol. The third kappa shape index (κ3) is 3.45. The molecule has 2 rings (SSSR count). The lowest BCUT2D eigenvalue weighted by molar-refractivity contribution is 0.416. The van der Waals surface area contributed by atoms with Crippen LogP contribution in [0, 0.1) is 0 Å². The molecule has 0 fully saturated rings. The van der Waals surface area contributed by atoms with E-state index in [-0.39, 0.29) is 0 Å². The molecule has 4 nitrogen and oxygen atoms in total. The molecule has 0 saturated carbocycles. The van der Waals surface area contributed by atoms with E-state index in [4.69, 9.17) is 16.3 Å². The summed E-state index contributed by atoms with van der Waals surface area (Å²) in [5.74, 6) is 0.774. The summed E-state index contributed by atoms with van der Waals surface area (Å²) in [6, 6.07) is 7.96. The highest BCUT2D eigenvalue weighted by Gasteiger charge is 2.07. The van der Waals surface area contributed by atoms with Crippen LogP contribution in [-0.4, -0.2) is 16.9 Å². The second-order valence-electron chi connectivity index (χ2n) is 4.74. The molecule has 1 heterocycles. The van der Waals surface area contributed by atoms with Crippen LogP contribution < -0.4 is 10.1 Å². The van der Waals surface area contributed by atoms with Crippen molar-refractivity contribution in [2.24, 2.45) is 0 Å². The SMILES string of the molecule is CCC(C)n1ccc(CNc2cc(Cl)ccc2OC)n1. The predicted octanol–water partition coefficient (Wildman–Crippen LogP) is 4.13. The second-order valence-corrected chi connectivity index (χ2v) is 5.18. The number of nitrogens with one attached hydrogen (secondary N) is 1. The van der Waals surface area contributed by atoms with Gasteiger partial charge in [-0.25, -0.2) is 0 Å². The fourth-order valence-corrected chi connectivity index (χ4v) is 2.08. The van der Waals surface area contributed by atoms with E-state index in [0.29, 0.717) is 17.6 Å². The van der Waals surface area contributed by atoms with Crippen molar-refractivity contribution in [3.8, 4) is 5.75 Å². The van der Waals surface area contributed by atoms with Crippen LogP contribution >= 0.6 is 11.6 Å². The summed E-state index contributed by atoms with van der Waals surface area (Å²) >= 11 is 6.00. The molecule has 1 N–H and O–H groups in total. The smallest absolute Gasteiger partial charge is 0.142 e. The Morgan fingerprint density at radius 3 is 2.90 bits per heavy atom. The van der Waals surface area contributed by atoms with Crippen molar-refractivity contribution < 1.29 is 4.74 Å². The monoisotopic (exact) mass is 293 g/mol. The van der Waals surface area contributed by atoms with Crippen molar-refractivity contribution >= 4 is 17.3 Å². The molecule has 0 bridgehead atoms. The van der Waals surface area contributed by atoms with Gasteiger partial charge in [0.05, 0.1) is 25.0 Å². The van der Waals surface area contributed by atoms with E-state index in [1.807, 2.05) is 35.1 Å². The molecule has 2 aromatic rings. The molecular weight excluding hydrogens is 274 g/mol. The quantitative estimate of drug-likeness (QED) is 0.870. The van der Waals surface area contributed by atoms with Gasteiger partial charge in [-0.2, -0.15) is 5.10 Å². The number of rotatable bonds is 6. The maximum atomic E-state index is 6.00. The zero-order valence-electron chi connectivity index (χ0n) is 12.1. The summed E-state index contributed by atoms with van der Waals surface area (Å²) in [4.78, 5) is 0. The molecule has 5 heteroatoms. The van der Waals surface area contributed by atoms with Crippen molar-refractivity contribution in [3.63, 3.8) is 0 Å². The average Bonchev–Trinajstić information content (AvgIpc) is 2.93. The number of aromatic nitrogens is 2. The van der Waals surface area contributed by atoms with Crippen molar-refractivity contribution in [1.82, 2.24) is 9.78 Å². The summed E-state index contributed by atoms with van der Waals surface area (Å²) < 4.78 is 7.30. The lowest BCUT2D eigenvalue weighted by atomic mass is 10.3. The largest absolute Gasteiger partial charge is 0.495 e. The number of nitrogens with zero attached hydrogens (tertiary/aromatic N) is 2. The maximum Gasteiger partial charge on any atom is 0.142 e. The van der Waals surface area contributed by atoms with E-state index in [0.717, 1.165) is 23.6 Å². The van der Waals surface area contributed by atoms with E-state index in [1.54, 1.807) is 7.11 Å². The number of anilines is 1. The highest BCUT2D eigenvalue weighted by atomic mass is 35.5. The summed E-state index contributed by atoms with van der Waals surface area (Å²) in [7, 11) is 1.64. The third-order valence-corrected chi connectivity index (χ3v) is 3.56. The molecule has 0 spiro atoms. The van der Waals surface area contributed by atoms with Gasteiger partial charge in [0.2, 0.25) is 0 Å². The normalized spacial score (nSPS) is 12.2. The number of methoxy groups -OCH3 is 1.